The summed E-state index contributed by atoms with van der Waals surface area (Å²) in [5.41, 5.74) is 2.42. The molecule has 0 fully saturated rings. The summed E-state index contributed by atoms with van der Waals surface area (Å²) in [5.74, 6) is 0.794. The van der Waals surface area contributed by atoms with Gasteiger partial charge in [0.15, 0.2) is 5.96 Å². The lowest BCUT2D eigenvalue weighted by molar-refractivity contribution is 0.298. The first-order chi connectivity index (χ1) is 11.5. The van der Waals surface area contributed by atoms with E-state index in [1.807, 2.05) is 36.1 Å². The molecule has 0 saturated carbocycles. The molecule has 2 N–H and O–H groups in total. The zero-order valence-corrected chi connectivity index (χ0v) is 15.2. The molecule has 0 spiro atoms. The third-order valence-electron chi connectivity index (χ3n) is 4.07. The number of benzene rings is 1. The summed E-state index contributed by atoms with van der Waals surface area (Å²) in [5, 5.41) is 11.1. The average Bonchev–Trinajstić information content (AvgIpc) is 3.00. The number of likely N-dealkylation sites (N-methyl/N-ethyl adjacent to an activating group) is 1. The highest BCUT2D eigenvalue weighted by Crippen LogP contribution is 2.16. The van der Waals surface area contributed by atoms with Gasteiger partial charge in [-0.15, -0.1) is 0 Å². The van der Waals surface area contributed by atoms with Crippen LogP contribution in [0.15, 0.2) is 47.7 Å². The van der Waals surface area contributed by atoms with Crippen LogP contribution in [0, 0.1) is 0 Å². The summed E-state index contributed by atoms with van der Waals surface area (Å²) in [6, 6.07) is 10.8. The molecule has 6 nitrogen and oxygen atoms in total. The highest BCUT2D eigenvalue weighted by Gasteiger charge is 2.17. The molecule has 1 aromatic carbocycles. The minimum atomic E-state index is 0.189. The van der Waals surface area contributed by atoms with Crippen molar-refractivity contribution in [1.82, 2.24) is 25.3 Å². The molecule has 2 unspecified atom stereocenters. The SMILES string of the molecule is CN=C(NCC(c1cnn(C)c1)N(C)C)NC(C)c1ccccc1. The van der Waals surface area contributed by atoms with Crippen molar-refractivity contribution < 1.29 is 0 Å². The molecule has 2 rings (SSSR count). The van der Waals surface area contributed by atoms with Gasteiger partial charge in [0.2, 0.25) is 0 Å². The molecule has 24 heavy (non-hydrogen) atoms. The first-order valence-electron chi connectivity index (χ1n) is 8.18. The number of hydrogen-bond acceptors (Lipinski definition) is 3. The Morgan fingerprint density at radius 2 is 1.96 bits per heavy atom. The largest absolute Gasteiger partial charge is 0.354 e. The summed E-state index contributed by atoms with van der Waals surface area (Å²) in [7, 11) is 7.87. The van der Waals surface area contributed by atoms with E-state index in [4.69, 9.17) is 0 Å². The van der Waals surface area contributed by atoms with E-state index in [-0.39, 0.29) is 12.1 Å². The number of aromatic nitrogens is 2. The summed E-state index contributed by atoms with van der Waals surface area (Å²) in [4.78, 5) is 6.52. The first kappa shape index (κ1) is 18.0. The quantitative estimate of drug-likeness (QED) is 0.629. The molecular formula is C18H28N6. The van der Waals surface area contributed by atoms with Gasteiger partial charge in [-0.25, -0.2) is 0 Å². The number of guanidine groups is 1. The Morgan fingerprint density at radius 1 is 1.25 bits per heavy atom. The molecule has 0 radical (unpaired) electrons. The number of aliphatic imine (C=N–C) groups is 1. The van der Waals surface area contributed by atoms with Crippen LogP contribution in [-0.4, -0.2) is 48.3 Å². The number of rotatable bonds is 6. The summed E-state index contributed by atoms with van der Waals surface area (Å²) < 4.78 is 1.83. The Kier molecular flexibility index (Phi) is 6.37. The molecule has 6 heteroatoms. The van der Waals surface area contributed by atoms with Crippen molar-refractivity contribution >= 4 is 5.96 Å². The van der Waals surface area contributed by atoms with Gasteiger partial charge in [-0.1, -0.05) is 30.3 Å². The average molecular weight is 328 g/mol. The van der Waals surface area contributed by atoms with E-state index in [9.17, 15) is 0 Å². The van der Waals surface area contributed by atoms with Crippen molar-refractivity contribution in [2.24, 2.45) is 12.0 Å². The second-order valence-electron chi connectivity index (χ2n) is 6.16. The van der Waals surface area contributed by atoms with Crippen LogP contribution in [-0.2, 0) is 7.05 Å². The molecule has 2 atom stereocenters. The summed E-state index contributed by atoms with van der Waals surface area (Å²) in [6.45, 7) is 2.88. The molecule has 0 saturated heterocycles. The molecular weight excluding hydrogens is 300 g/mol. The maximum atomic E-state index is 4.34. The summed E-state index contributed by atoms with van der Waals surface area (Å²) in [6.07, 6.45) is 3.96. The Morgan fingerprint density at radius 3 is 2.50 bits per heavy atom. The van der Waals surface area contributed by atoms with E-state index in [1.165, 1.54) is 11.1 Å². The monoisotopic (exact) mass is 328 g/mol. The van der Waals surface area contributed by atoms with Crippen LogP contribution in [0.4, 0.5) is 0 Å². The fraction of sp³-hybridized carbons (Fsp3) is 0.444. The lowest BCUT2D eigenvalue weighted by Gasteiger charge is -2.25. The van der Waals surface area contributed by atoms with Crippen molar-refractivity contribution in [3.63, 3.8) is 0 Å². The van der Waals surface area contributed by atoms with Gasteiger partial charge in [-0.3, -0.25) is 9.67 Å². The molecule has 0 amide bonds. The van der Waals surface area contributed by atoms with Gasteiger partial charge in [0, 0.05) is 32.4 Å². The maximum absolute atomic E-state index is 4.34. The van der Waals surface area contributed by atoms with Gasteiger partial charge in [-0.2, -0.15) is 5.10 Å². The van der Waals surface area contributed by atoms with Gasteiger partial charge in [0.05, 0.1) is 18.3 Å². The topological polar surface area (TPSA) is 57.5 Å². The molecule has 0 aliphatic carbocycles. The Bertz CT molecular complexity index is 647. The number of aryl methyl sites for hydroxylation is 1. The van der Waals surface area contributed by atoms with Crippen LogP contribution >= 0.6 is 0 Å². The van der Waals surface area contributed by atoms with Crippen LogP contribution in [0.3, 0.4) is 0 Å². The maximum Gasteiger partial charge on any atom is 0.191 e. The van der Waals surface area contributed by atoms with E-state index in [0.29, 0.717) is 0 Å². The third-order valence-corrected chi connectivity index (χ3v) is 4.07. The van der Waals surface area contributed by atoms with Gasteiger partial charge >= 0.3 is 0 Å². The van der Waals surface area contributed by atoms with Crippen LogP contribution in [0.1, 0.15) is 30.1 Å². The first-order valence-corrected chi connectivity index (χ1v) is 8.18. The lowest BCUT2D eigenvalue weighted by Crippen LogP contribution is -2.42. The van der Waals surface area contributed by atoms with Crippen molar-refractivity contribution in [1.29, 1.82) is 0 Å². The number of nitrogens with one attached hydrogen (secondary N) is 2. The molecule has 0 aliphatic rings. The Labute approximate surface area is 144 Å². The molecule has 1 heterocycles. The second kappa shape index (κ2) is 8.49. The molecule has 1 aromatic heterocycles. The summed E-state index contributed by atoms with van der Waals surface area (Å²) >= 11 is 0. The Hall–Kier alpha value is -2.34. The van der Waals surface area contributed by atoms with Gasteiger partial charge < -0.3 is 15.5 Å². The highest BCUT2D eigenvalue weighted by atomic mass is 15.3. The van der Waals surface area contributed by atoms with E-state index in [1.54, 1.807) is 7.05 Å². The lowest BCUT2D eigenvalue weighted by atomic mass is 10.1. The second-order valence-corrected chi connectivity index (χ2v) is 6.16. The van der Waals surface area contributed by atoms with Crippen molar-refractivity contribution in [2.75, 3.05) is 27.7 Å². The predicted molar refractivity (Wildman–Crippen MR) is 99.0 cm³/mol. The molecule has 2 aromatic rings. The zero-order chi connectivity index (χ0) is 17.5. The smallest absolute Gasteiger partial charge is 0.191 e. The van der Waals surface area contributed by atoms with Crippen molar-refractivity contribution in [3.05, 3.63) is 53.9 Å². The van der Waals surface area contributed by atoms with E-state index >= 15 is 0 Å². The normalized spacial score (nSPS) is 14.5. The fourth-order valence-electron chi connectivity index (χ4n) is 2.63. The van der Waals surface area contributed by atoms with Crippen LogP contribution in [0.25, 0.3) is 0 Å². The van der Waals surface area contributed by atoms with E-state index in [0.717, 1.165) is 12.5 Å². The number of nitrogens with zero attached hydrogens (tertiary/aromatic N) is 4. The van der Waals surface area contributed by atoms with Gasteiger partial charge in [0.25, 0.3) is 0 Å². The van der Waals surface area contributed by atoms with Crippen LogP contribution in [0.2, 0.25) is 0 Å². The highest BCUT2D eigenvalue weighted by molar-refractivity contribution is 5.80. The molecule has 0 bridgehead atoms. The zero-order valence-electron chi connectivity index (χ0n) is 15.2. The van der Waals surface area contributed by atoms with Crippen LogP contribution < -0.4 is 10.6 Å². The van der Waals surface area contributed by atoms with Crippen molar-refractivity contribution in [2.45, 2.75) is 19.0 Å². The van der Waals surface area contributed by atoms with Gasteiger partial charge in [0.1, 0.15) is 0 Å². The third kappa shape index (κ3) is 4.83. The van der Waals surface area contributed by atoms with Crippen molar-refractivity contribution in [3.8, 4) is 0 Å². The van der Waals surface area contributed by atoms with E-state index in [2.05, 4.69) is 65.0 Å². The standard InChI is InChI=1S/C18H28N6/c1-14(15-9-7-6-8-10-15)22-18(19-2)20-12-17(23(3)4)16-11-21-24(5)13-16/h6-11,13-14,17H,12H2,1-5H3,(H2,19,20,22). The number of hydrogen-bond donors (Lipinski definition) is 2. The minimum Gasteiger partial charge on any atom is -0.354 e. The van der Waals surface area contributed by atoms with E-state index < -0.39 is 0 Å². The predicted octanol–water partition coefficient (Wildman–Crippen LogP) is 1.95. The fourth-order valence-corrected chi connectivity index (χ4v) is 2.63. The minimum absolute atomic E-state index is 0.189. The van der Waals surface area contributed by atoms with Crippen LogP contribution in [0.5, 0.6) is 0 Å². The molecule has 0 aliphatic heterocycles. The Balaban J connectivity index is 1.97. The molecule has 130 valence electrons. The van der Waals surface area contributed by atoms with Gasteiger partial charge in [-0.05, 0) is 26.6 Å².